The molecule has 0 aliphatic rings. The molecule has 0 saturated heterocycles. The molecule has 0 spiro atoms. The first-order valence-corrected chi connectivity index (χ1v) is 5.08. The molecule has 0 amide bonds. The van der Waals surface area contributed by atoms with Crippen LogP contribution in [0.3, 0.4) is 0 Å². The highest BCUT2D eigenvalue weighted by molar-refractivity contribution is 7.13. The molecule has 1 heterocycles. The van der Waals surface area contributed by atoms with Crippen LogP contribution in [-0.4, -0.2) is 16.1 Å². The molecule has 76 valence electrons. The molecule has 0 aliphatic heterocycles. The van der Waals surface area contributed by atoms with E-state index in [-0.39, 0.29) is 5.56 Å². The maximum Gasteiger partial charge on any atom is 0.335 e. The van der Waals surface area contributed by atoms with Gasteiger partial charge in [-0.1, -0.05) is 0 Å². The van der Waals surface area contributed by atoms with Gasteiger partial charge in [-0.15, -0.1) is 11.3 Å². The van der Waals surface area contributed by atoms with Gasteiger partial charge in [-0.05, 0) is 18.2 Å². The lowest BCUT2D eigenvalue weighted by Gasteiger charge is -2.03. The van der Waals surface area contributed by atoms with E-state index in [0.717, 1.165) is 10.4 Å². The first-order chi connectivity index (χ1) is 7.18. The molecule has 1 aromatic heterocycles. The number of aromatic carboxylic acids is 1. The Bertz CT molecular complexity index is 494. The summed E-state index contributed by atoms with van der Waals surface area (Å²) in [4.78, 5) is 15.6. The van der Waals surface area contributed by atoms with Crippen LogP contribution < -0.4 is 5.73 Å². The summed E-state index contributed by atoms with van der Waals surface area (Å²) in [5, 5.41) is 8.84. The highest BCUT2D eigenvalue weighted by atomic mass is 32.1. The van der Waals surface area contributed by atoms with Gasteiger partial charge in [0, 0.05) is 17.4 Å². The third-order valence-electron chi connectivity index (χ3n) is 2.00. The van der Waals surface area contributed by atoms with Crippen molar-refractivity contribution in [2.75, 3.05) is 5.73 Å². The molecular weight excluding hydrogens is 212 g/mol. The molecular formula is C10H8N2O2S. The van der Waals surface area contributed by atoms with Crippen LogP contribution in [0.1, 0.15) is 10.4 Å². The quantitative estimate of drug-likeness (QED) is 0.760. The normalized spacial score (nSPS) is 10.1. The van der Waals surface area contributed by atoms with E-state index in [0.29, 0.717) is 5.69 Å². The van der Waals surface area contributed by atoms with Crippen LogP contribution in [0, 0.1) is 0 Å². The zero-order valence-corrected chi connectivity index (χ0v) is 8.49. The van der Waals surface area contributed by atoms with Crippen molar-refractivity contribution in [3.05, 3.63) is 35.5 Å². The highest BCUT2D eigenvalue weighted by Crippen LogP contribution is 2.29. The number of thiazole rings is 1. The third kappa shape index (κ3) is 1.82. The molecule has 0 saturated carbocycles. The van der Waals surface area contributed by atoms with Crippen molar-refractivity contribution in [2.45, 2.75) is 0 Å². The molecule has 0 aliphatic carbocycles. The number of nitrogens with zero attached hydrogens (tertiary/aromatic N) is 1. The highest BCUT2D eigenvalue weighted by Gasteiger charge is 2.09. The van der Waals surface area contributed by atoms with E-state index in [4.69, 9.17) is 10.8 Å². The Morgan fingerprint density at radius 2 is 2.27 bits per heavy atom. The van der Waals surface area contributed by atoms with Gasteiger partial charge in [0.25, 0.3) is 0 Å². The molecule has 0 atom stereocenters. The predicted molar refractivity (Wildman–Crippen MR) is 58.9 cm³/mol. The minimum Gasteiger partial charge on any atom is -0.478 e. The lowest BCUT2D eigenvalue weighted by molar-refractivity contribution is 0.0697. The van der Waals surface area contributed by atoms with Crippen LogP contribution in [0.5, 0.6) is 0 Å². The smallest absolute Gasteiger partial charge is 0.335 e. The standard InChI is InChI=1S/C10H8N2O2S/c11-8-2-1-6(10(13)14)3-7(8)9-4-12-5-15-9/h1-5H,11H2,(H,13,14). The molecule has 2 rings (SSSR count). The first-order valence-electron chi connectivity index (χ1n) is 4.20. The molecule has 2 aromatic rings. The fraction of sp³-hybridized carbons (Fsp3) is 0. The second-order valence-corrected chi connectivity index (χ2v) is 3.86. The Labute approximate surface area is 90.0 Å². The fourth-order valence-corrected chi connectivity index (χ4v) is 1.91. The Kier molecular flexibility index (Phi) is 2.39. The number of hydrogen-bond donors (Lipinski definition) is 2. The number of carbonyl (C=O) groups is 1. The number of carboxylic acids is 1. The number of benzene rings is 1. The van der Waals surface area contributed by atoms with Gasteiger partial charge < -0.3 is 10.8 Å². The summed E-state index contributed by atoms with van der Waals surface area (Å²) in [6, 6.07) is 4.64. The van der Waals surface area contributed by atoms with Crippen LogP contribution in [0.25, 0.3) is 10.4 Å². The Morgan fingerprint density at radius 3 is 2.87 bits per heavy atom. The summed E-state index contributed by atoms with van der Waals surface area (Å²) in [6.45, 7) is 0. The molecule has 3 N–H and O–H groups in total. The van der Waals surface area contributed by atoms with E-state index in [1.807, 2.05) is 0 Å². The van der Waals surface area contributed by atoms with Gasteiger partial charge in [-0.25, -0.2) is 4.79 Å². The van der Waals surface area contributed by atoms with Crippen molar-refractivity contribution < 1.29 is 9.90 Å². The summed E-state index contributed by atoms with van der Waals surface area (Å²) in [5.41, 5.74) is 8.96. The molecule has 0 bridgehead atoms. The number of nitrogens with two attached hydrogens (primary N) is 1. The van der Waals surface area contributed by atoms with Crippen molar-refractivity contribution in [3.8, 4) is 10.4 Å². The van der Waals surface area contributed by atoms with Gasteiger partial charge >= 0.3 is 5.97 Å². The van der Waals surface area contributed by atoms with Gasteiger partial charge in [-0.2, -0.15) is 0 Å². The lowest BCUT2D eigenvalue weighted by Crippen LogP contribution is -1.98. The maximum atomic E-state index is 10.8. The van der Waals surface area contributed by atoms with Gasteiger partial charge in [-0.3, -0.25) is 4.98 Å². The van der Waals surface area contributed by atoms with Crippen molar-refractivity contribution in [1.29, 1.82) is 0 Å². The maximum absolute atomic E-state index is 10.8. The SMILES string of the molecule is Nc1ccc(C(=O)O)cc1-c1cncs1. The van der Waals surface area contributed by atoms with Gasteiger partial charge in [0.05, 0.1) is 16.0 Å². The van der Waals surface area contributed by atoms with E-state index in [1.54, 1.807) is 23.8 Å². The minimum absolute atomic E-state index is 0.229. The number of hydrogen-bond acceptors (Lipinski definition) is 4. The summed E-state index contributed by atoms with van der Waals surface area (Å²) in [7, 11) is 0. The first kappa shape index (κ1) is 9.67. The molecule has 0 radical (unpaired) electrons. The number of carboxylic acid groups (broad SMARTS) is 1. The summed E-state index contributed by atoms with van der Waals surface area (Å²) < 4.78 is 0. The van der Waals surface area contributed by atoms with E-state index >= 15 is 0 Å². The second kappa shape index (κ2) is 3.70. The van der Waals surface area contributed by atoms with Gasteiger partial charge in [0.1, 0.15) is 0 Å². The monoisotopic (exact) mass is 220 g/mol. The van der Waals surface area contributed by atoms with E-state index in [2.05, 4.69) is 4.98 Å². The van der Waals surface area contributed by atoms with Gasteiger partial charge in [0.2, 0.25) is 0 Å². The topological polar surface area (TPSA) is 76.2 Å². The van der Waals surface area contributed by atoms with Crippen molar-refractivity contribution >= 4 is 23.0 Å². The molecule has 15 heavy (non-hydrogen) atoms. The number of rotatable bonds is 2. The van der Waals surface area contributed by atoms with Crippen molar-refractivity contribution in [1.82, 2.24) is 4.98 Å². The molecule has 5 heteroatoms. The molecule has 0 unspecified atom stereocenters. The zero-order valence-electron chi connectivity index (χ0n) is 7.68. The van der Waals surface area contributed by atoms with Gasteiger partial charge in [0.15, 0.2) is 0 Å². The number of aromatic nitrogens is 1. The number of anilines is 1. The van der Waals surface area contributed by atoms with E-state index in [1.165, 1.54) is 17.4 Å². The summed E-state index contributed by atoms with van der Waals surface area (Å²) >= 11 is 1.43. The summed E-state index contributed by atoms with van der Waals surface area (Å²) in [6.07, 6.45) is 1.67. The van der Waals surface area contributed by atoms with Crippen LogP contribution in [0.4, 0.5) is 5.69 Å². The van der Waals surface area contributed by atoms with Crippen LogP contribution in [0.15, 0.2) is 29.9 Å². The Hall–Kier alpha value is -1.88. The van der Waals surface area contributed by atoms with E-state index in [9.17, 15) is 4.79 Å². The van der Waals surface area contributed by atoms with Crippen LogP contribution in [-0.2, 0) is 0 Å². The fourth-order valence-electron chi connectivity index (χ4n) is 1.25. The Morgan fingerprint density at radius 1 is 1.47 bits per heavy atom. The van der Waals surface area contributed by atoms with E-state index < -0.39 is 5.97 Å². The zero-order chi connectivity index (χ0) is 10.8. The Balaban J connectivity index is 2.55. The largest absolute Gasteiger partial charge is 0.478 e. The number of nitrogen functional groups attached to an aromatic ring is 1. The lowest BCUT2D eigenvalue weighted by atomic mass is 10.1. The predicted octanol–water partition coefficient (Wildman–Crippen LogP) is 2.09. The average molecular weight is 220 g/mol. The molecule has 4 nitrogen and oxygen atoms in total. The second-order valence-electron chi connectivity index (χ2n) is 2.97. The van der Waals surface area contributed by atoms with Crippen molar-refractivity contribution in [2.24, 2.45) is 0 Å². The van der Waals surface area contributed by atoms with Crippen molar-refractivity contribution in [3.63, 3.8) is 0 Å². The average Bonchev–Trinajstić information content (AvgIpc) is 2.71. The minimum atomic E-state index is -0.958. The van der Waals surface area contributed by atoms with Crippen LogP contribution in [0.2, 0.25) is 0 Å². The third-order valence-corrected chi connectivity index (χ3v) is 2.80. The molecule has 0 fully saturated rings. The summed E-state index contributed by atoms with van der Waals surface area (Å²) in [5.74, 6) is -0.958. The molecule has 1 aromatic carbocycles. The van der Waals surface area contributed by atoms with Crippen LogP contribution >= 0.6 is 11.3 Å².